The van der Waals surface area contributed by atoms with Crippen molar-refractivity contribution in [2.75, 3.05) is 13.4 Å². The maximum Gasteiger partial charge on any atom is 0.311 e. The topological polar surface area (TPSA) is 165 Å². The molecule has 4 atom stereocenters. The van der Waals surface area contributed by atoms with Crippen LogP contribution in [0, 0.1) is 11.3 Å². The van der Waals surface area contributed by atoms with E-state index < -0.39 is 43.9 Å². The average molecular weight is 383 g/mol. The Morgan fingerprint density at radius 3 is 2.70 bits per heavy atom. The predicted molar refractivity (Wildman–Crippen MR) is 86.8 cm³/mol. The first-order chi connectivity index (χ1) is 12.8. The summed E-state index contributed by atoms with van der Waals surface area (Å²) in [6.07, 6.45) is -2.02. The predicted octanol–water partition coefficient (Wildman–Crippen LogP) is -2.09. The smallest absolute Gasteiger partial charge is 0.311 e. The van der Waals surface area contributed by atoms with Gasteiger partial charge in [-0.3, -0.25) is 14.8 Å². The summed E-state index contributed by atoms with van der Waals surface area (Å²) in [6.45, 7) is 2.52. The number of carbonyl (C=O) groups is 1. The molecule has 4 N–H and O–H groups in total. The fourth-order valence-corrected chi connectivity index (χ4v) is 2.62. The Bertz CT molecular complexity index is 879. The number of imidazole rings is 1. The van der Waals surface area contributed by atoms with Gasteiger partial charge in [0.25, 0.3) is 6.79 Å². The SMILES string of the molecule is CC(C)C(=O)OCOn1cnc2c(ncn2[C@@H]2O[C@H](CO)[C@@H](O)[C@H]2O)c1=N. The molecular weight excluding hydrogens is 362 g/mol. The fourth-order valence-electron chi connectivity index (χ4n) is 2.62. The molecule has 0 bridgehead atoms. The number of aromatic nitrogens is 4. The molecule has 12 nitrogen and oxygen atoms in total. The minimum atomic E-state index is -1.30. The van der Waals surface area contributed by atoms with E-state index >= 15 is 0 Å². The lowest BCUT2D eigenvalue weighted by molar-refractivity contribution is -0.160. The highest BCUT2D eigenvalue weighted by atomic mass is 16.8. The van der Waals surface area contributed by atoms with Gasteiger partial charge in [0, 0.05) is 0 Å². The van der Waals surface area contributed by atoms with E-state index in [-0.39, 0.29) is 22.6 Å². The number of rotatable bonds is 6. The number of carbonyl (C=O) groups excluding carboxylic acids is 1. The molecule has 2 aromatic rings. The zero-order chi connectivity index (χ0) is 19.7. The molecule has 3 heterocycles. The number of nitrogens with zero attached hydrogens (tertiary/aromatic N) is 4. The molecule has 3 rings (SSSR count). The van der Waals surface area contributed by atoms with Gasteiger partial charge in [-0.1, -0.05) is 13.8 Å². The highest BCUT2D eigenvalue weighted by Gasteiger charge is 2.44. The molecule has 0 aliphatic carbocycles. The lowest BCUT2D eigenvalue weighted by atomic mass is 10.1. The van der Waals surface area contributed by atoms with Crippen molar-refractivity contribution in [3.8, 4) is 0 Å². The molecule has 0 spiro atoms. The lowest BCUT2D eigenvalue weighted by Crippen LogP contribution is -2.33. The first-order valence-electron chi connectivity index (χ1n) is 8.26. The van der Waals surface area contributed by atoms with Crippen LogP contribution in [0.3, 0.4) is 0 Å². The lowest BCUT2D eigenvalue weighted by Gasteiger charge is -2.16. The van der Waals surface area contributed by atoms with Gasteiger partial charge in [-0.05, 0) is 0 Å². The quantitative estimate of drug-likeness (QED) is 0.323. The summed E-state index contributed by atoms with van der Waals surface area (Å²) in [5.74, 6) is -0.744. The fraction of sp³-hybridized carbons (Fsp3) is 0.600. The second-order valence-corrected chi connectivity index (χ2v) is 6.34. The molecule has 2 aromatic heterocycles. The molecule has 0 amide bonds. The molecule has 0 radical (unpaired) electrons. The summed E-state index contributed by atoms with van der Waals surface area (Å²) in [7, 11) is 0. The summed E-state index contributed by atoms with van der Waals surface area (Å²) < 4.78 is 12.7. The highest BCUT2D eigenvalue weighted by molar-refractivity contribution is 5.71. The van der Waals surface area contributed by atoms with Gasteiger partial charge in [0.2, 0.25) is 0 Å². The van der Waals surface area contributed by atoms with Crippen LogP contribution in [-0.4, -0.2) is 72.3 Å². The summed E-state index contributed by atoms with van der Waals surface area (Å²) in [5, 5.41) is 37.4. The molecule has 1 aliphatic rings. The van der Waals surface area contributed by atoms with Crippen molar-refractivity contribution in [3.05, 3.63) is 18.1 Å². The molecular formula is C15H21N5O7. The van der Waals surface area contributed by atoms with Crippen molar-refractivity contribution in [2.24, 2.45) is 5.92 Å². The number of aliphatic hydroxyl groups excluding tert-OH is 3. The van der Waals surface area contributed by atoms with Crippen LogP contribution >= 0.6 is 0 Å². The van der Waals surface area contributed by atoms with Gasteiger partial charge in [0.05, 0.1) is 18.9 Å². The number of fused-ring (bicyclic) bond motifs is 1. The van der Waals surface area contributed by atoms with Crippen LogP contribution in [0.2, 0.25) is 0 Å². The van der Waals surface area contributed by atoms with Gasteiger partial charge in [0.1, 0.15) is 24.6 Å². The highest BCUT2D eigenvalue weighted by Crippen LogP contribution is 2.30. The molecule has 1 fully saturated rings. The van der Waals surface area contributed by atoms with E-state index in [2.05, 4.69) is 9.97 Å². The third kappa shape index (κ3) is 3.51. The van der Waals surface area contributed by atoms with Crippen LogP contribution in [-0.2, 0) is 14.3 Å². The zero-order valence-corrected chi connectivity index (χ0v) is 14.7. The number of hydrogen-bond acceptors (Lipinski definition) is 10. The summed E-state index contributed by atoms with van der Waals surface area (Å²) in [5.41, 5.74) is 0.199. The average Bonchev–Trinajstić information content (AvgIpc) is 3.19. The van der Waals surface area contributed by atoms with Gasteiger partial charge < -0.3 is 29.6 Å². The number of nitrogens with one attached hydrogen (secondary N) is 1. The largest absolute Gasteiger partial charge is 0.426 e. The Balaban J connectivity index is 1.81. The Kier molecular flexibility index (Phi) is 5.41. The molecule has 1 saturated heterocycles. The number of hydrogen-bond donors (Lipinski definition) is 4. The van der Waals surface area contributed by atoms with Crippen LogP contribution in [0.4, 0.5) is 0 Å². The standard InChI is InChI=1S/C15H21N5O7/c1-7(2)15(24)25-6-26-20-5-18-13-9(12(20)16)17-4-19(13)14-11(23)10(22)8(3-21)27-14/h4-5,7-8,10-11,14,16,21-23H,3,6H2,1-2H3/t8-,10-,11-,14-/m1/s1. The first kappa shape index (κ1) is 19.2. The van der Waals surface area contributed by atoms with Crippen LogP contribution in [0.15, 0.2) is 12.7 Å². The number of esters is 1. The van der Waals surface area contributed by atoms with Crippen LogP contribution in [0.25, 0.3) is 11.2 Å². The van der Waals surface area contributed by atoms with E-state index in [1.807, 2.05) is 0 Å². The van der Waals surface area contributed by atoms with Gasteiger partial charge in [-0.2, -0.15) is 0 Å². The number of aliphatic hydroxyl groups is 3. The van der Waals surface area contributed by atoms with Crippen LogP contribution in [0.5, 0.6) is 0 Å². The third-order valence-corrected chi connectivity index (χ3v) is 4.15. The summed E-state index contributed by atoms with van der Waals surface area (Å²) in [4.78, 5) is 24.8. The third-order valence-electron chi connectivity index (χ3n) is 4.15. The summed E-state index contributed by atoms with van der Waals surface area (Å²) >= 11 is 0. The van der Waals surface area contributed by atoms with E-state index in [1.54, 1.807) is 13.8 Å². The van der Waals surface area contributed by atoms with E-state index in [0.717, 1.165) is 4.73 Å². The Labute approximate surface area is 153 Å². The van der Waals surface area contributed by atoms with Gasteiger partial charge >= 0.3 is 5.97 Å². The van der Waals surface area contributed by atoms with Crippen LogP contribution < -0.4 is 10.3 Å². The van der Waals surface area contributed by atoms with Gasteiger partial charge in [-0.25, -0.2) is 9.97 Å². The van der Waals surface area contributed by atoms with E-state index in [0.29, 0.717) is 0 Å². The van der Waals surface area contributed by atoms with E-state index in [1.165, 1.54) is 17.2 Å². The van der Waals surface area contributed by atoms with E-state index in [9.17, 15) is 20.1 Å². The van der Waals surface area contributed by atoms with Crippen molar-refractivity contribution < 1.29 is 34.4 Å². The van der Waals surface area contributed by atoms with Crippen molar-refractivity contribution in [1.82, 2.24) is 19.3 Å². The molecule has 0 aromatic carbocycles. The van der Waals surface area contributed by atoms with Gasteiger partial charge in [0.15, 0.2) is 22.9 Å². The van der Waals surface area contributed by atoms with Crippen molar-refractivity contribution in [1.29, 1.82) is 5.41 Å². The molecule has 1 aliphatic heterocycles. The molecule has 27 heavy (non-hydrogen) atoms. The molecule has 148 valence electrons. The Morgan fingerprint density at radius 1 is 1.33 bits per heavy atom. The zero-order valence-electron chi connectivity index (χ0n) is 14.7. The Hall–Kier alpha value is -2.54. The monoisotopic (exact) mass is 383 g/mol. The van der Waals surface area contributed by atoms with E-state index in [4.69, 9.17) is 19.7 Å². The summed E-state index contributed by atoms with van der Waals surface area (Å²) in [6, 6.07) is 0. The molecule has 0 unspecified atom stereocenters. The maximum absolute atomic E-state index is 11.4. The molecule has 0 saturated carbocycles. The molecule has 12 heteroatoms. The van der Waals surface area contributed by atoms with Crippen molar-refractivity contribution in [2.45, 2.75) is 38.4 Å². The minimum absolute atomic E-state index is 0.144. The van der Waals surface area contributed by atoms with Crippen LogP contribution in [0.1, 0.15) is 20.1 Å². The number of ether oxygens (including phenoxy) is 2. The normalized spacial score (nSPS) is 25.3. The van der Waals surface area contributed by atoms with Crippen molar-refractivity contribution in [3.63, 3.8) is 0 Å². The second-order valence-electron chi connectivity index (χ2n) is 6.34. The Morgan fingerprint density at radius 2 is 2.07 bits per heavy atom. The van der Waals surface area contributed by atoms with Crippen molar-refractivity contribution >= 4 is 17.1 Å². The maximum atomic E-state index is 11.4. The van der Waals surface area contributed by atoms with Gasteiger partial charge in [-0.15, -0.1) is 4.73 Å². The first-order valence-corrected chi connectivity index (χ1v) is 8.26. The second kappa shape index (κ2) is 7.60. The minimum Gasteiger partial charge on any atom is -0.426 e.